The van der Waals surface area contributed by atoms with E-state index in [1.54, 1.807) is 0 Å². The molecule has 0 aliphatic carbocycles. The third-order valence-corrected chi connectivity index (χ3v) is 8.37. The molecule has 2 N–H and O–H groups in total. The minimum absolute atomic E-state index is 0.768. The molecule has 7 rings (SSSR count). The fourth-order valence-electron chi connectivity index (χ4n) is 5.89. The first kappa shape index (κ1) is 29.4. The van der Waals surface area contributed by atoms with Crippen molar-refractivity contribution in [1.29, 1.82) is 0 Å². The first-order valence-corrected chi connectivity index (χ1v) is 15.8. The van der Waals surface area contributed by atoms with Crippen LogP contribution in [-0.2, 0) is 0 Å². The summed E-state index contributed by atoms with van der Waals surface area (Å²) in [6.45, 7) is 3.90. The van der Waals surface area contributed by atoms with Crippen molar-refractivity contribution in [1.82, 2.24) is 0 Å². The zero-order valence-corrected chi connectivity index (χ0v) is 26.1. The monoisotopic (exact) mass is 605 g/mol. The molecule has 0 spiro atoms. The summed E-state index contributed by atoms with van der Waals surface area (Å²) in [7, 11) is 0. The largest absolute Gasteiger partial charge is 0.399 e. The summed E-state index contributed by atoms with van der Waals surface area (Å²) in [5.74, 6) is 0. The Kier molecular flexibility index (Phi) is 8.35. The average Bonchev–Trinajstić information content (AvgIpc) is 3.14. The number of para-hydroxylation sites is 2. The lowest BCUT2D eigenvalue weighted by atomic mass is 10.0. The van der Waals surface area contributed by atoms with Gasteiger partial charge in [0.1, 0.15) is 0 Å². The number of nitrogens with zero attached hydrogens (tertiary/aromatic N) is 2. The SMILES string of the molecule is C=Cc1ccc(N(c2ccccc2)c2ccc(-c3ccc(N(c4ccccc4)c4ccc(-c5ccc(N)cc5)cc4)cc3)cc2)cc1. The van der Waals surface area contributed by atoms with Gasteiger partial charge in [-0.1, -0.05) is 110 Å². The Morgan fingerprint density at radius 3 is 0.936 bits per heavy atom. The van der Waals surface area contributed by atoms with Crippen molar-refractivity contribution in [2.24, 2.45) is 0 Å². The van der Waals surface area contributed by atoms with Gasteiger partial charge >= 0.3 is 0 Å². The highest BCUT2D eigenvalue weighted by Gasteiger charge is 2.15. The number of benzene rings is 7. The maximum atomic E-state index is 5.90. The lowest BCUT2D eigenvalue weighted by molar-refractivity contribution is 1.28. The smallest absolute Gasteiger partial charge is 0.0462 e. The van der Waals surface area contributed by atoms with Crippen molar-refractivity contribution in [3.63, 3.8) is 0 Å². The van der Waals surface area contributed by atoms with E-state index in [1.165, 1.54) is 0 Å². The molecule has 0 aromatic heterocycles. The molecule has 0 bridgehead atoms. The van der Waals surface area contributed by atoms with Gasteiger partial charge in [-0.2, -0.15) is 0 Å². The molecular weight excluding hydrogens is 571 g/mol. The van der Waals surface area contributed by atoms with E-state index in [9.17, 15) is 0 Å². The Labute approximate surface area is 277 Å². The van der Waals surface area contributed by atoms with Gasteiger partial charge in [-0.05, 0) is 113 Å². The molecule has 0 amide bonds. The van der Waals surface area contributed by atoms with Crippen molar-refractivity contribution in [2.75, 3.05) is 15.5 Å². The van der Waals surface area contributed by atoms with Crippen LogP contribution in [0.3, 0.4) is 0 Å². The van der Waals surface area contributed by atoms with Gasteiger partial charge in [0.2, 0.25) is 0 Å². The molecule has 0 heterocycles. The second-order valence-corrected chi connectivity index (χ2v) is 11.4. The first-order valence-electron chi connectivity index (χ1n) is 15.8. The summed E-state index contributed by atoms with van der Waals surface area (Å²) in [6, 6.07) is 63.7. The van der Waals surface area contributed by atoms with Gasteiger partial charge in [0.25, 0.3) is 0 Å². The Hall–Kier alpha value is -6.32. The molecule has 47 heavy (non-hydrogen) atoms. The number of hydrogen-bond donors (Lipinski definition) is 1. The van der Waals surface area contributed by atoms with Crippen LogP contribution in [0.4, 0.5) is 39.8 Å². The highest BCUT2D eigenvalue weighted by molar-refractivity contribution is 5.81. The number of anilines is 7. The topological polar surface area (TPSA) is 32.5 Å². The standard InChI is InChI=1S/C44H35N3/c1-2-33-13-25-41(26-14-33)46(39-9-5-3-6-10-39)42-29-19-36(20-30-42)37-21-31-44(32-22-37)47(40-11-7-4-8-12-40)43-27-17-35(18-28-43)34-15-23-38(45)24-16-34/h2-32H,1,45H2. The quantitative estimate of drug-likeness (QED) is 0.166. The van der Waals surface area contributed by atoms with E-state index in [0.717, 1.165) is 67.6 Å². The van der Waals surface area contributed by atoms with Crippen molar-refractivity contribution in [3.05, 3.63) is 194 Å². The maximum absolute atomic E-state index is 5.90. The van der Waals surface area contributed by atoms with E-state index in [2.05, 4.69) is 174 Å². The van der Waals surface area contributed by atoms with E-state index in [1.807, 2.05) is 30.3 Å². The molecule has 0 radical (unpaired) electrons. The molecule has 0 fully saturated rings. The fourth-order valence-corrected chi connectivity index (χ4v) is 5.89. The number of nitrogens with two attached hydrogens (primary N) is 1. The van der Waals surface area contributed by atoms with Gasteiger partial charge < -0.3 is 15.5 Å². The van der Waals surface area contributed by atoms with Crippen molar-refractivity contribution >= 4 is 45.9 Å². The summed E-state index contributed by atoms with van der Waals surface area (Å²) >= 11 is 0. The van der Waals surface area contributed by atoms with Crippen molar-refractivity contribution < 1.29 is 0 Å². The molecule has 0 saturated heterocycles. The van der Waals surface area contributed by atoms with E-state index in [0.29, 0.717) is 0 Å². The van der Waals surface area contributed by atoms with Gasteiger partial charge in [-0.3, -0.25) is 0 Å². The van der Waals surface area contributed by atoms with Crippen LogP contribution < -0.4 is 15.5 Å². The van der Waals surface area contributed by atoms with Crippen LogP contribution in [0, 0.1) is 0 Å². The average molecular weight is 606 g/mol. The zero-order valence-electron chi connectivity index (χ0n) is 26.1. The fraction of sp³-hybridized carbons (Fsp3) is 0. The summed E-state index contributed by atoms with van der Waals surface area (Å²) in [6.07, 6.45) is 1.87. The lowest BCUT2D eigenvalue weighted by Gasteiger charge is -2.26. The third kappa shape index (κ3) is 6.42. The molecule has 0 aliphatic heterocycles. The Morgan fingerprint density at radius 2 is 0.617 bits per heavy atom. The lowest BCUT2D eigenvalue weighted by Crippen LogP contribution is -2.10. The van der Waals surface area contributed by atoms with Crippen LogP contribution in [-0.4, -0.2) is 0 Å². The van der Waals surface area contributed by atoms with Crippen LogP contribution in [0.25, 0.3) is 28.3 Å². The molecule has 7 aromatic rings. The van der Waals surface area contributed by atoms with Crippen LogP contribution >= 0.6 is 0 Å². The molecule has 0 aliphatic rings. The van der Waals surface area contributed by atoms with Gasteiger partial charge in [0, 0.05) is 39.8 Å². The molecular formula is C44H35N3. The van der Waals surface area contributed by atoms with E-state index < -0.39 is 0 Å². The Bertz CT molecular complexity index is 2050. The predicted molar refractivity (Wildman–Crippen MR) is 201 cm³/mol. The number of rotatable bonds is 9. The summed E-state index contributed by atoms with van der Waals surface area (Å²) < 4.78 is 0. The maximum Gasteiger partial charge on any atom is 0.0462 e. The molecule has 0 unspecified atom stereocenters. The normalized spacial score (nSPS) is 10.7. The highest BCUT2D eigenvalue weighted by Crippen LogP contribution is 2.38. The first-order chi connectivity index (χ1) is 23.2. The minimum Gasteiger partial charge on any atom is -0.399 e. The van der Waals surface area contributed by atoms with Gasteiger partial charge in [0.05, 0.1) is 0 Å². The third-order valence-electron chi connectivity index (χ3n) is 8.37. The molecule has 7 aromatic carbocycles. The van der Waals surface area contributed by atoms with E-state index in [-0.39, 0.29) is 0 Å². The Morgan fingerprint density at radius 1 is 0.340 bits per heavy atom. The molecule has 0 atom stereocenters. The number of nitrogen functional groups attached to an aromatic ring is 1. The van der Waals surface area contributed by atoms with Crippen LogP contribution in [0.1, 0.15) is 5.56 Å². The number of hydrogen-bond acceptors (Lipinski definition) is 3. The van der Waals surface area contributed by atoms with Crippen molar-refractivity contribution in [3.8, 4) is 22.3 Å². The summed E-state index contributed by atoms with van der Waals surface area (Å²) in [4.78, 5) is 4.56. The molecule has 3 nitrogen and oxygen atoms in total. The van der Waals surface area contributed by atoms with Crippen LogP contribution in [0.2, 0.25) is 0 Å². The second-order valence-electron chi connectivity index (χ2n) is 11.4. The summed E-state index contributed by atoms with van der Waals surface area (Å²) in [5, 5.41) is 0. The molecule has 0 saturated carbocycles. The minimum atomic E-state index is 0.768. The Balaban J connectivity index is 1.17. The van der Waals surface area contributed by atoms with Crippen LogP contribution in [0.15, 0.2) is 189 Å². The molecule has 3 heteroatoms. The van der Waals surface area contributed by atoms with E-state index in [4.69, 9.17) is 5.73 Å². The van der Waals surface area contributed by atoms with Crippen molar-refractivity contribution in [2.45, 2.75) is 0 Å². The van der Waals surface area contributed by atoms with E-state index >= 15 is 0 Å². The highest BCUT2D eigenvalue weighted by atomic mass is 15.1. The predicted octanol–water partition coefficient (Wildman–Crippen LogP) is 12.2. The summed E-state index contributed by atoms with van der Waals surface area (Å²) in [5.41, 5.74) is 19.0. The van der Waals surface area contributed by atoms with Crippen LogP contribution in [0.5, 0.6) is 0 Å². The second kappa shape index (κ2) is 13.4. The molecule has 226 valence electrons. The van der Waals surface area contributed by atoms with Gasteiger partial charge in [0.15, 0.2) is 0 Å². The van der Waals surface area contributed by atoms with Gasteiger partial charge in [-0.15, -0.1) is 0 Å². The zero-order chi connectivity index (χ0) is 32.0. The van der Waals surface area contributed by atoms with Gasteiger partial charge in [-0.25, -0.2) is 0 Å².